The van der Waals surface area contributed by atoms with Crippen LogP contribution in [0.2, 0.25) is 0 Å². The van der Waals surface area contributed by atoms with Crippen LogP contribution in [0.3, 0.4) is 0 Å². The molecule has 3 aromatic rings. The maximum absolute atomic E-state index is 13.3. The van der Waals surface area contributed by atoms with Crippen LogP contribution in [-0.4, -0.2) is 25.0 Å². The largest absolute Gasteiger partial charge is 0.493 e. The van der Waals surface area contributed by atoms with Gasteiger partial charge in [-0.1, -0.05) is 34.1 Å². The van der Waals surface area contributed by atoms with E-state index in [0.29, 0.717) is 27.2 Å². The van der Waals surface area contributed by atoms with Crippen LogP contribution in [-0.2, 0) is 16.2 Å². The molecule has 184 valence electrons. The molecule has 0 aliphatic carbocycles. The Morgan fingerprint density at radius 1 is 0.972 bits per heavy atom. The van der Waals surface area contributed by atoms with E-state index in [0.717, 1.165) is 21.6 Å². The molecule has 4 rings (SSSR count). The third-order valence-corrected chi connectivity index (χ3v) is 6.14. The SMILES string of the molecule is COc1cc(/C=C2\C(=O)NC(=O)N(c3cc(C)cc(C)c3)C2=O)c(Br)cc1OCc1ccc(F)cc1. The van der Waals surface area contributed by atoms with Crippen LogP contribution < -0.4 is 19.7 Å². The molecule has 0 bridgehead atoms. The van der Waals surface area contributed by atoms with Gasteiger partial charge in [-0.2, -0.15) is 0 Å². The van der Waals surface area contributed by atoms with Gasteiger partial charge in [0.05, 0.1) is 12.8 Å². The average molecular weight is 553 g/mol. The Kier molecular flexibility index (Phi) is 7.21. The van der Waals surface area contributed by atoms with E-state index >= 15 is 0 Å². The normalized spacial score (nSPS) is 14.8. The molecule has 0 aromatic heterocycles. The van der Waals surface area contributed by atoms with Gasteiger partial charge in [0, 0.05) is 4.47 Å². The van der Waals surface area contributed by atoms with E-state index in [1.165, 1.54) is 25.3 Å². The molecule has 1 aliphatic rings. The van der Waals surface area contributed by atoms with Crippen molar-refractivity contribution in [2.45, 2.75) is 20.5 Å². The number of nitrogens with zero attached hydrogens (tertiary/aromatic N) is 1. The summed E-state index contributed by atoms with van der Waals surface area (Å²) in [6.45, 7) is 3.89. The summed E-state index contributed by atoms with van der Waals surface area (Å²) in [4.78, 5) is 39.3. The smallest absolute Gasteiger partial charge is 0.335 e. The minimum Gasteiger partial charge on any atom is -0.493 e. The number of carbonyl (C=O) groups is 3. The van der Waals surface area contributed by atoms with Crippen LogP contribution in [0, 0.1) is 19.7 Å². The van der Waals surface area contributed by atoms with Crippen molar-refractivity contribution in [2.75, 3.05) is 12.0 Å². The van der Waals surface area contributed by atoms with Crippen molar-refractivity contribution in [1.29, 1.82) is 0 Å². The summed E-state index contributed by atoms with van der Waals surface area (Å²) in [6, 6.07) is 13.7. The van der Waals surface area contributed by atoms with E-state index in [-0.39, 0.29) is 18.0 Å². The maximum Gasteiger partial charge on any atom is 0.335 e. The number of nitrogens with one attached hydrogen (secondary N) is 1. The van der Waals surface area contributed by atoms with Gasteiger partial charge in [0.1, 0.15) is 18.0 Å². The lowest BCUT2D eigenvalue weighted by molar-refractivity contribution is -0.122. The molecule has 9 heteroatoms. The van der Waals surface area contributed by atoms with Crippen molar-refractivity contribution >= 4 is 45.5 Å². The number of methoxy groups -OCH3 is 1. The summed E-state index contributed by atoms with van der Waals surface area (Å²) in [5.41, 5.74) is 3.13. The molecule has 4 amide bonds. The average Bonchev–Trinajstić information content (AvgIpc) is 2.81. The third-order valence-electron chi connectivity index (χ3n) is 5.46. The summed E-state index contributed by atoms with van der Waals surface area (Å²) in [7, 11) is 1.46. The van der Waals surface area contributed by atoms with E-state index in [1.807, 2.05) is 19.9 Å². The first-order valence-corrected chi connectivity index (χ1v) is 11.7. The van der Waals surface area contributed by atoms with Crippen LogP contribution in [0.1, 0.15) is 22.3 Å². The maximum atomic E-state index is 13.3. The number of hydrogen-bond acceptors (Lipinski definition) is 5. The van der Waals surface area contributed by atoms with E-state index in [4.69, 9.17) is 9.47 Å². The molecule has 0 radical (unpaired) electrons. The second-order valence-electron chi connectivity index (χ2n) is 8.24. The number of benzene rings is 3. The Morgan fingerprint density at radius 3 is 2.28 bits per heavy atom. The molecular formula is C27H22BrFN2O5. The fourth-order valence-corrected chi connectivity index (χ4v) is 4.24. The summed E-state index contributed by atoms with van der Waals surface area (Å²) in [5, 5.41) is 2.23. The van der Waals surface area contributed by atoms with Crippen LogP contribution in [0.5, 0.6) is 11.5 Å². The van der Waals surface area contributed by atoms with Crippen molar-refractivity contribution in [3.05, 3.63) is 92.7 Å². The van der Waals surface area contributed by atoms with Gasteiger partial charge in [-0.05, 0) is 78.6 Å². The molecule has 1 N–H and O–H groups in total. The molecular weight excluding hydrogens is 531 g/mol. The van der Waals surface area contributed by atoms with Crippen molar-refractivity contribution in [3.8, 4) is 11.5 Å². The number of amides is 4. The number of anilines is 1. The number of aryl methyl sites for hydroxylation is 2. The fourth-order valence-electron chi connectivity index (χ4n) is 3.80. The first kappa shape index (κ1) is 25.1. The molecule has 1 saturated heterocycles. The molecule has 0 saturated carbocycles. The van der Waals surface area contributed by atoms with Crippen molar-refractivity contribution in [3.63, 3.8) is 0 Å². The molecule has 1 heterocycles. The van der Waals surface area contributed by atoms with Gasteiger partial charge in [-0.25, -0.2) is 14.1 Å². The number of barbiturate groups is 1. The minimum atomic E-state index is -0.812. The topological polar surface area (TPSA) is 84.9 Å². The molecule has 3 aromatic carbocycles. The van der Waals surface area contributed by atoms with E-state index < -0.39 is 17.8 Å². The number of imide groups is 2. The molecule has 36 heavy (non-hydrogen) atoms. The number of ether oxygens (including phenoxy) is 2. The van der Waals surface area contributed by atoms with Crippen LogP contribution in [0.25, 0.3) is 6.08 Å². The number of halogens is 2. The van der Waals surface area contributed by atoms with Gasteiger partial charge < -0.3 is 9.47 Å². The second-order valence-corrected chi connectivity index (χ2v) is 9.10. The quantitative estimate of drug-likeness (QED) is 0.324. The van der Waals surface area contributed by atoms with E-state index in [1.54, 1.807) is 36.4 Å². The first-order valence-electron chi connectivity index (χ1n) is 10.9. The summed E-state index contributed by atoms with van der Waals surface area (Å²) >= 11 is 3.45. The predicted octanol–water partition coefficient (Wildman–Crippen LogP) is 5.46. The van der Waals surface area contributed by atoms with Gasteiger partial charge >= 0.3 is 6.03 Å². The Labute approximate surface area is 215 Å². The number of carbonyl (C=O) groups excluding carboxylic acids is 3. The van der Waals surface area contributed by atoms with Crippen molar-refractivity contribution in [2.24, 2.45) is 0 Å². The summed E-state index contributed by atoms with van der Waals surface area (Å²) < 4.78 is 24.9. The highest BCUT2D eigenvalue weighted by molar-refractivity contribution is 9.10. The molecule has 0 unspecified atom stereocenters. The zero-order valence-electron chi connectivity index (χ0n) is 19.7. The second kappa shape index (κ2) is 10.3. The lowest BCUT2D eigenvalue weighted by Crippen LogP contribution is -2.54. The Balaban J connectivity index is 1.65. The summed E-state index contributed by atoms with van der Waals surface area (Å²) in [5.74, 6) is -1.11. The van der Waals surface area contributed by atoms with Crippen molar-refractivity contribution in [1.82, 2.24) is 5.32 Å². The molecule has 0 atom stereocenters. The highest BCUT2D eigenvalue weighted by atomic mass is 79.9. The molecule has 7 nitrogen and oxygen atoms in total. The Bertz CT molecular complexity index is 1380. The van der Waals surface area contributed by atoms with Gasteiger partial charge in [0.15, 0.2) is 11.5 Å². The standard InChI is InChI=1S/C27H22BrFN2O5/c1-15-8-16(2)10-20(9-15)31-26(33)21(25(32)30-27(31)34)11-18-12-23(35-3)24(13-22(18)28)36-14-17-4-6-19(29)7-5-17/h4-13H,14H2,1-3H3,(H,30,32,34)/b21-11+. The van der Waals surface area contributed by atoms with Crippen molar-refractivity contribution < 1.29 is 28.2 Å². The fraction of sp³-hybridized carbons (Fsp3) is 0.148. The van der Waals surface area contributed by atoms with Crippen LogP contribution in [0.15, 0.2) is 64.6 Å². The molecule has 0 spiro atoms. The van der Waals surface area contributed by atoms with Gasteiger partial charge in [0.2, 0.25) is 0 Å². The molecule has 1 aliphatic heterocycles. The van der Waals surface area contributed by atoms with E-state index in [2.05, 4.69) is 21.2 Å². The zero-order valence-corrected chi connectivity index (χ0v) is 21.3. The van der Waals surface area contributed by atoms with Gasteiger partial charge in [0.25, 0.3) is 11.8 Å². The van der Waals surface area contributed by atoms with Gasteiger partial charge in [-0.3, -0.25) is 14.9 Å². The third kappa shape index (κ3) is 5.31. The van der Waals surface area contributed by atoms with Crippen LogP contribution in [0.4, 0.5) is 14.9 Å². The predicted molar refractivity (Wildman–Crippen MR) is 136 cm³/mol. The minimum absolute atomic E-state index is 0.178. The first-order chi connectivity index (χ1) is 17.2. The Hall–Kier alpha value is -3.98. The monoisotopic (exact) mass is 552 g/mol. The highest BCUT2D eigenvalue weighted by Gasteiger charge is 2.37. The Morgan fingerprint density at radius 2 is 1.64 bits per heavy atom. The van der Waals surface area contributed by atoms with Gasteiger partial charge in [-0.15, -0.1) is 0 Å². The lowest BCUT2D eigenvalue weighted by Gasteiger charge is -2.27. The zero-order chi connectivity index (χ0) is 26.0. The number of rotatable bonds is 6. The van der Waals surface area contributed by atoms with Crippen LogP contribution >= 0.6 is 15.9 Å². The highest BCUT2D eigenvalue weighted by Crippen LogP contribution is 2.36. The lowest BCUT2D eigenvalue weighted by atomic mass is 10.0. The van der Waals surface area contributed by atoms with E-state index in [9.17, 15) is 18.8 Å². The number of hydrogen-bond donors (Lipinski definition) is 1. The summed E-state index contributed by atoms with van der Waals surface area (Å²) in [6.07, 6.45) is 1.39. The number of urea groups is 1. The molecule has 1 fully saturated rings.